The Hall–Kier alpha value is -3.67. The van der Waals surface area contributed by atoms with Crippen molar-refractivity contribution in [3.05, 3.63) is 63.7 Å². The van der Waals surface area contributed by atoms with E-state index in [0.29, 0.717) is 0 Å². The molecule has 1 amide bonds. The quantitative estimate of drug-likeness (QED) is 0.107. The number of amides is 1. The second-order valence-corrected chi connectivity index (χ2v) is 9.65. The molecule has 2 atom stereocenters. The van der Waals surface area contributed by atoms with Crippen LogP contribution >= 0.6 is 7.37 Å². The molecule has 0 aliphatic carbocycles. The predicted molar refractivity (Wildman–Crippen MR) is 121 cm³/mol. The summed E-state index contributed by atoms with van der Waals surface area (Å²) in [4.78, 5) is 43.8. The molecule has 2 aromatic carbocycles. The Kier molecular flexibility index (Phi) is 10.0. The fourth-order valence-corrected chi connectivity index (χ4v) is 4.36. The van der Waals surface area contributed by atoms with E-state index in [1.165, 1.54) is 0 Å². The third-order valence-electron chi connectivity index (χ3n) is 4.70. The Labute approximate surface area is 199 Å². The monoisotopic (exact) mass is 512 g/mol. The second-order valence-electron chi connectivity index (χ2n) is 7.20. The molecule has 190 valence electrons. The zero-order chi connectivity index (χ0) is 26.0. The fourth-order valence-electron chi connectivity index (χ4n) is 2.88. The topological polar surface area (TPSA) is 195 Å². The van der Waals surface area contributed by atoms with E-state index in [2.05, 4.69) is 5.32 Å². The average Bonchev–Trinajstić information content (AvgIpc) is 2.82. The summed E-state index contributed by atoms with van der Waals surface area (Å²) in [6.45, 7) is -0.437. The third-order valence-corrected chi connectivity index (χ3v) is 6.72. The van der Waals surface area contributed by atoms with E-state index in [4.69, 9.17) is 14.2 Å². The standard InChI is InChI=1S/C21H25N2O11P/c1-32-17-11-15(10-16(19(17)25)23(28)29)20(26)35(30,31)9-5-8-18(24)34-13-22-21(27)33-12-14-6-3-2-4-7-14/h2-4,6-7,10-11,20,25-26H,5,8-9,12-13H2,1H3,(H,22,27)(H,30,31)/t20-/m0/s1. The molecule has 0 fully saturated rings. The first-order valence-electron chi connectivity index (χ1n) is 10.2. The number of carbonyl (C=O) groups is 2. The number of nitro groups is 1. The summed E-state index contributed by atoms with van der Waals surface area (Å²) in [5.41, 5.74) is -0.342. The van der Waals surface area contributed by atoms with Crippen LogP contribution in [0.3, 0.4) is 0 Å². The van der Waals surface area contributed by atoms with Crippen LogP contribution in [-0.4, -0.2) is 52.1 Å². The highest BCUT2D eigenvalue weighted by atomic mass is 31.2. The lowest BCUT2D eigenvalue weighted by atomic mass is 10.2. The highest BCUT2D eigenvalue weighted by Crippen LogP contribution is 2.56. The van der Waals surface area contributed by atoms with E-state index in [1.54, 1.807) is 24.3 Å². The number of nitrogens with zero attached hydrogens (tertiary/aromatic N) is 1. The van der Waals surface area contributed by atoms with Crippen molar-refractivity contribution < 1.29 is 48.4 Å². The smallest absolute Gasteiger partial charge is 0.410 e. The summed E-state index contributed by atoms with van der Waals surface area (Å²) in [7, 11) is -3.22. The Morgan fingerprint density at radius 2 is 1.89 bits per heavy atom. The lowest BCUT2D eigenvalue weighted by Crippen LogP contribution is -2.28. The number of rotatable bonds is 12. The molecule has 0 aromatic heterocycles. The molecule has 0 bridgehead atoms. The van der Waals surface area contributed by atoms with Crippen LogP contribution in [0.4, 0.5) is 10.5 Å². The molecular formula is C21H25N2O11P. The SMILES string of the molecule is COc1cc([C@@H](O)P(=O)(O)CCCC(=O)OCNC(=O)OCc2ccccc2)cc([N+](=O)[O-])c1O. The molecule has 0 aliphatic rings. The summed E-state index contributed by atoms with van der Waals surface area (Å²) >= 11 is 0. The fraction of sp³-hybridized carbons (Fsp3) is 0.333. The summed E-state index contributed by atoms with van der Waals surface area (Å²) in [5, 5.41) is 33.4. The number of phenols is 1. The number of phenolic OH excluding ortho intramolecular Hbond substituents is 1. The Balaban J connectivity index is 1.79. The van der Waals surface area contributed by atoms with Crippen molar-refractivity contribution in [2.75, 3.05) is 20.0 Å². The van der Waals surface area contributed by atoms with Crippen molar-refractivity contribution in [2.45, 2.75) is 25.3 Å². The number of carbonyl (C=O) groups excluding carboxylic acids is 2. The summed E-state index contributed by atoms with van der Waals surface area (Å²) in [6, 6.07) is 10.7. The first-order chi connectivity index (χ1) is 16.5. The number of nitrogens with one attached hydrogen (secondary N) is 1. The van der Waals surface area contributed by atoms with Crippen LogP contribution in [-0.2, 0) is 25.4 Å². The van der Waals surface area contributed by atoms with E-state index in [0.717, 1.165) is 24.8 Å². The maximum absolute atomic E-state index is 12.6. The Morgan fingerprint density at radius 1 is 1.20 bits per heavy atom. The van der Waals surface area contributed by atoms with Crippen molar-refractivity contribution >= 4 is 25.1 Å². The van der Waals surface area contributed by atoms with E-state index in [1.807, 2.05) is 6.07 Å². The van der Waals surface area contributed by atoms with Crippen LogP contribution in [0.1, 0.15) is 29.8 Å². The number of esters is 1. The van der Waals surface area contributed by atoms with E-state index < -0.39 is 54.5 Å². The molecular weight excluding hydrogens is 487 g/mol. The minimum atomic E-state index is -4.34. The summed E-state index contributed by atoms with van der Waals surface area (Å²) in [5.74, 6) is -3.94. The van der Waals surface area contributed by atoms with Gasteiger partial charge in [0.1, 0.15) is 6.61 Å². The lowest BCUT2D eigenvalue weighted by Gasteiger charge is -2.19. The van der Waals surface area contributed by atoms with Crippen LogP contribution in [0.5, 0.6) is 11.5 Å². The number of hydrogen-bond donors (Lipinski definition) is 4. The predicted octanol–water partition coefficient (Wildman–Crippen LogP) is 2.78. The highest BCUT2D eigenvalue weighted by Gasteiger charge is 2.33. The minimum Gasteiger partial charge on any atom is -0.500 e. The molecule has 2 rings (SSSR count). The van der Waals surface area contributed by atoms with E-state index >= 15 is 0 Å². The third kappa shape index (κ3) is 8.25. The summed E-state index contributed by atoms with van der Waals surface area (Å²) in [6.07, 6.45) is -1.76. The molecule has 0 saturated heterocycles. The molecule has 0 heterocycles. The van der Waals surface area contributed by atoms with Crippen LogP contribution in [0.15, 0.2) is 42.5 Å². The molecule has 0 radical (unpaired) electrons. The maximum atomic E-state index is 12.6. The number of alkyl carbamates (subject to hydrolysis) is 1. The summed E-state index contributed by atoms with van der Waals surface area (Å²) < 4.78 is 27.1. The largest absolute Gasteiger partial charge is 0.500 e. The van der Waals surface area contributed by atoms with E-state index in [9.17, 15) is 39.4 Å². The number of aliphatic hydroxyl groups excluding tert-OH is 1. The van der Waals surface area contributed by atoms with Crippen LogP contribution in [0, 0.1) is 10.1 Å². The van der Waals surface area contributed by atoms with Gasteiger partial charge in [-0.15, -0.1) is 0 Å². The highest BCUT2D eigenvalue weighted by molar-refractivity contribution is 7.58. The number of aromatic hydroxyl groups is 1. The number of ether oxygens (including phenoxy) is 3. The Morgan fingerprint density at radius 3 is 2.51 bits per heavy atom. The Bertz CT molecular complexity index is 1090. The van der Waals surface area contributed by atoms with Crippen molar-refractivity contribution in [2.24, 2.45) is 0 Å². The van der Waals surface area contributed by atoms with Crippen molar-refractivity contribution in [3.8, 4) is 11.5 Å². The molecule has 13 nitrogen and oxygen atoms in total. The van der Waals surface area contributed by atoms with Crippen LogP contribution < -0.4 is 10.1 Å². The van der Waals surface area contributed by atoms with Crippen LogP contribution in [0.25, 0.3) is 0 Å². The van der Waals surface area contributed by atoms with Crippen molar-refractivity contribution in [1.29, 1.82) is 0 Å². The molecule has 35 heavy (non-hydrogen) atoms. The average molecular weight is 512 g/mol. The van der Waals surface area contributed by atoms with E-state index in [-0.39, 0.29) is 30.8 Å². The van der Waals surface area contributed by atoms with Gasteiger partial charge in [0.25, 0.3) is 0 Å². The van der Waals surface area contributed by atoms with Crippen LogP contribution in [0.2, 0.25) is 0 Å². The van der Waals surface area contributed by atoms with Crippen molar-refractivity contribution in [3.63, 3.8) is 0 Å². The molecule has 14 heteroatoms. The molecule has 4 N–H and O–H groups in total. The molecule has 0 aliphatic heterocycles. The van der Waals surface area contributed by atoms with Gasteiger partial charge in [0, 0.05) is 24.2 Å². The van der Waals surface area contributed by atoms with Gasteiger partial charge in [0.2, 0.25) is 13.1 Å². The number of nitro benzene ring substituents is 1. The van der Waals surface area contributed by atoms with Gasteiger partial charge in [-0.1, -0.05) is 30.3 Å². The van der Waals surface area contributed by atoms with Gasteiger partial charge in [0.05, 0.1) is 12.0 Å². The minimum absolute atomic E-state index is 0.0325. The van der Waals surface area contributed by atoms with Gasteiger partial charge >= 0.3 is 17.7 Å². The molecule has 0 spiro atoms. The molecule has 0 saturated carbocycles. The first-order valence-corrected chi connectivity index (χ1v) is 12.1. The van der Waals surface area contributed by atoms with Gasteiger partial charge in [-0.25, -0.2) is 4.79 Å². The normalized spacial score (nSPS) is 13.2. The van der Waals surface area contributed by atoms with Gasteiger partial charge in [-0.05, 0) is 18.1 Å². The first kappa shape index (κ1) is 27.6. The molecule has 2 aromatic rings. The van der Waals surface area contributed by atoms with Crippen molar-refractivity contribution in [1.82, 2.24) is 5.32 Å². The number of hydrogen-bond acceptors (Lipinski definition) is 10. The number of methoxy groups -OCH3 is 1. The van der Waals surface area contributed by atoms with Gasteiger partial charge in [-0.2, -0.15) is 0 Å². The van der Waals surface area contributed by atoms with Gasteiger partial charge < -0.3 is 29.3 Å². The lowest BCUT2D eigenvalue weighted by molar-refractivity contribution is -0.386. The van der Waals surface area contributed by atoms with Gasteiger partial charge in [0.15, 0.2) is 18.3 Å². The number of benzene rings is 2. The number of aliphatic hydroxyl groups is 1. The zero-order valence-electron chi connectivity index (χ0n) is 18.7. The maximum Gasteiger partial charge on any atom is 0.410 e. The second kappa shape index (κ2) is 12.7. The molecule has 1 unspecified atom stereocenters. The zero-order valence-corrected chi connectivity index (χ0v) is 19.6. The van der Waals surface area contributed by atoms with Gasteiger partial charge in [-0.3, -0.25) is 24.8 Å².